The van der Waals surface area contributed by atoms with Crippen LogP contribution in [-0.2, 0) is 11.3 Å². The Morgan fingerprint density at radius 1 is 1.50 bits per heavy atom. The van der Waals surface area contributed by atoms with Gasteiger partial charge in [-0.2, -0.15) is 0 Å². The number of furan rings is 1. The van der Waals surface area contributed by atoms with Crippen molar-refractivity contribution in [2.75, 3.05) is 7.05 Å². The first-order valence-corrected chi connectivity index (χ1v) is 6.83. The van der Waals surface area contributed by atoms with E-state index in [4.69, 9.17) is 9.52 Å². The van der Waals surface area contributed by atoms with Crippen molar-refractivity contribution < 1.29 is 19.1 Å². The van der Waals surface area contributed by atoms with Gasteiger partial charge < -0.3 is 19.3 Å². The average molecular weight is 280 g/mol. The molecular formula is C14H20N2O4. The van der Waals surface area contributed by atoms with Gasteiger partial charge in [0.05, 0.1) is 12.8 Å². The quantitative estimate of drug-likeness (QED) is 0.866. The Labute approximate surface area is 118 Å². The number of aliphatic carboxylic acids is 1. The molecule has 1 unspecified atom stereocenters. The van der Waals surface area contributed by atoms with Crippen LogP contribution in [0.1, 0.15) is 31.9 Å². The second-order valence-corrected chi connectivity index (χ2v) is 5.09. The Kier molecular flexibility index (Phi) is 4.32. The highest BCUT2D eigenvalue weighted by atomic mass is 16.4. The van der Waals surface area contributed by atoms with E-state index in [0.29, 0.717) is 18.7 Å². The predicted molar refractivity (Wildman–Crippen MR) is 72.1 cm³/mol. The summed E-state index contributed by atoms with van der Waals surface area (Å²) in [4.78, 5) is 26.7. The van der Waals surface area contributed by atoms with Gasteiger partial charge in [0.25, 0.3) is 0 Å². The van der Waals surface area contributed by atoms with Gasteiger partial charge in [0.15, 0.2) is 0 Å². The van der Waals surface area contributed by atoms with Crippen molar-refractivity contribution in [3.05, 3.63) is 24.2 Å². The second-order valence-electron chi connectivity index (χ2n) is 5.09. The summed E-state index contributed by atoms with van der Waals surface area (Å²) in [7, 11) is 1.54. The van der Waals surface area contributed by atoms with Crippen LogP contribution in [0.2, 0.25) is 0 Å². The third-order valence-electron chi connectivity index (χ3n) is 3.58. The Hall–Kier alpha value is -1.98. The van der Waals surface area contributed by atoms with Crippen molar-refractivity contribution in [3.8, 4) is 0 Å². The van der Waals surface area contributed by atoms with E-state index in [-0.39, 0.29) is 12.1 Å². The molecule has 2 amide bonds. The fraction of sp³-hybridized carbons (Fsp3) is 0.571. The lowest BCUT2D eigenvalue weighted by Gasteiger charge is -2.31. The highest BCUT2D eigenvalue weighted by Gasteiger charge is 2.37. The summed E-state index contributed by atoms with van der Waals surface area (Å²) in [6.45, 7) is 2.15. The Morgan fingerprint density at radius 2 is 2.20 bits per heavy atom. The molecule has 2 rings (SSSR count). The van der Waals surface area contributed by atoms with Gasteiger partial charge in [-0.3, -0.25) is 0 Å². The maximum absolute atomic E-state index is 12.5. The van der Waals surface area contributed by atoms with E-state index in [2.05, 4.69) is 0 Å². The molecule has 20 heavy (non-hydrogen) atoms. The summed E-state index contributed by atoms with van der Waals surface area (Å²) < 4.78 is 5.28. The number of carbonyl (C=O) groups is 2. The molecule has 0 bridgehead atoms. The molecule has 0 aromatic carbocycles. The average Bonchev–Trinajstić information content (AvgIpc) is 3.12. The van der Waals surface area contributed by atoms with Gasteiger partial charge in [-0.25, -0.2) is 9.59 Å². The van der Waals surface area contributed by atoms with E-state index >= 15 is 0 Å². The molecule has 1 heterocycles. The Balaban J connectivity index is 2.08. The third kappa shape index (κ3) is 3.12. The number of urea groups is 1. The molecule has 0 spiro atoms. The molecule has 1 N–H and O–H groups in total. The molecule has 1 aromatic heterocycles. The topological polar surface area (TPSA) is 74.0 Å². The first-order valence-electron chi connectivity index (χ1n) is 6.83. The highest BCUT2D eigenvalue weighted by Crippen LogP contribution is 2.29. The Bertz CT molecular complexity index is 468. The van der Waals surface area contributed by atoms with E-state index < -0.39 is 12.0 Å². The van der Waals surface area contributed by atoms with E-state index in [1.165, 1.54) is 4.90 Å². The maximum atomic E-state index is 12.5. The van der Waals surface area contributed by atoms with Gasteiger partial charge in [-0.15, -0.1) is 0 Å². The first-order chi connectivity index (χ1) is 9.54. The van der Waals surface area contributed by atoms with Crippen LogP contribution in [0, 0.1) is 0 Å². The molecule has 110 valence electrons. The summed E-state index contributed by atoms with van der Waals surface area (Å²) in [6.07, 6.45) is 3.88. The summed E-state index contributed by atoms with van der Waals surface area (Å²) in [5.41, 5.74) is 0. The number of rotatable bonds is 6. The maximum Gasteiger partial charge on any atom is 0.326 e. The van der Waals surface area contributed by atoms with Gasteiger partial charge in [0.1, 0.15) is 11.8 Å². The standard InChI is InChI=1S/C14H20N2O4/c1-3-12(13(17)18)15(2)14(19)16(10-6-7-10)9-11-5-4-8-20-11/h4-5,8,10,12H,3,6-7,9H2,1-2H3,(H,17,18). The summed E-state index contributed by atoms with van der Waals surface area (Å²) >= 11 is 0. The monoisotopic (exact) mass is 280 g/mol. The molecule has 1 atom stereocenters. The molecule has 1 aromatic rings. The lowest BCUT2D eigenvalue weighted by atomic mass is 10.2. The molecule has 6 nitrogen and oxygen atoms in total. The van der Waals surface area contributed by atoms with Crippen molar-refractivity contribution in [1.82, 2.24) is 9.80 Å². The fourth-order valence-corrected chi connectivity index (χ4v) is 2.26. The number of carbonyl (C=O) groups excluding carboxylic acids is 1. The van der Waals surface area contributed by atoms with Crippen LogP contribution < -0.4 is 0 Å². The van der Waals surface area contributed by atoms with Gasteiger partial charge in [0, 0.05) is 13.1 Å². The lowest BCUT2D eigenvalue weighted by Crippen LogP contribution is -2.49. The fourth-order valence-electron chi connectivity index (χ4n) is 2.26. The number of carboxylic acids is 1. The molecule has 6 heteroatoms. The smallest absolute Gasteiger partial charge is 0.326 e. The van der Waals surface area contributed by atoms with E-state index in [1.54, 1.807) is 31.2 Å². The van der Waals surface area contributed by atoms with E-state index in [9.17, 15) is 9.59 Å². The normalized spacial score (nSPS) is 15.7. The van der Waals surface area contributed by atoms with Crippen LogP contribution in [0.15, 0.2) is 22.8 Å². The number of likely N-dealkylation sites (N-methyl/N-ethyl adjacent to an activating group) is 1. The summed E-state index contributed by atoms with van der Waals surface area (Å²) in [5.74, 6) is -0.265. The van der Waals surface area contributed by atoms with Crippen molar-refractivity contribution in [1.29, 1.82) is 0 Å². The van der Waals surface area contributed by atoms with Crippen LogP contribution in [0.4, 0.5) is 4.79 Å². The van der Waals surface area contributed by atoms with Crippen LogP contribution in [0.25, 0.3) is 0 Å². The predicted octanol–water partition coefficient (Wildman–Crippen LogP) is 2.16. The zero-order valence-electron chi connectivity index (χ0n) is 11.8. The van der Waals surface area contributed by atoms with E-state index in [0.717, 1.165) is 12.8 Å². The minimum absolute atomic E-state index is 0.196. The van der Waals surface area contributed by atoms with Crippen molar-refractivity contribution in [3.63, 3.8) is 0 Å². The van der Waals surface area contributed by atoms with Gasteiger partial charge in [-0.05, 0) is 31.4 Å². The van der Waals surface area contributed by atoms with E-state index in [1.807, 2.05) is 6.07 Å². The van der Waals surface area contributed by atoms with Crippen LogP contribution >= 0.6 is 0 Å². The molecule has 1 aliphatic rings. The van der Waals surface area contributed by atoms with Gasteiger partial charge in [0.2, 0.25) is 0 Å². The number of amides is 2. The molecule has 0 radical (unpaired) electrons. The molecular weight excluding hydrogens is 260 g/mol. The van der Waals surface area contributed by atoms with Crippen molar-refractivity contribution in [2.24, 2.45) is 0 Å². The third-order valence-corrected chi connectivity index (χ3v) is 3.58. The molecule has 1 fully saturated rings. The zero-order chi connectivity index (χ0) is 14.7. The molecule has 1 aliphatic carbocycles. The van der Waals surface area contributed by atoms with Crippen LogP contribution in [0.5, 0.6) is 0 Å². The minimum atomic E-state index is -0.975. The number of nitrogens with zero attached hydrogens (tertiary/aromatic N) is 2. The molecule has 0 saturated heterocycles. The Morgan fingerprint density at radius 3 is 2.65 bits per heavy atom. The minimum Gasteiger partial charge on any atom is -0.480 e. The molecule has 1 saturated carbocycles. The van der Waals surface area contributed by atoms with Gasteiger partial charge >= 0.3 is 12.0 Å². The SMILES string of the molecule is CCC(C(=O)O)N(C)C(=O)N(Cc1ccco1)C1CC1. The van der Waals surface area contributed by atoms with Crippen molar-refractivity contribution in [2.45, 2.75) is 44.8 Å². The van der Waals surface area contributed by atoms with Crippen LogP contribution in [-0.4, -0.2) is 46.0 Å². The number of carboxylic acid groups (broad SMARTS) is 1. The number of hydrogen-bond acceptors (Lipinski definition) is 3. The number of hydrogen-bond donors (Lipinski definition) is 1. The molecule has 0 aliphatic heterocycles. The summed E-state index contributed by atoms with van der Waals surface area (Å²) in [6, 6.07) is 2.75. The van der Waals surface area contributed by atoms with Crippen molar-refractivity contribution >= 4 is 12.0 Å². The summed E-state index contributed by atoms with van der Waals surface area (Å²) in [5, 5.41) is 9.15. The lowest BCUT2D eigenvalue weighted by molar-refractivity contribution is -0.142. The highest BCUT2D eigenvalue weighted by molar-refractivity contribution is 5.82. The first kappa shape index (κ1) is 14.4. The van der Waals surface area contributed by atoms with Crippen LogP contribution in [0.3, 0.4) is 0 Å². The van der Waals surface area contributed by atoms with Gasteiger partial charge in [-0.1, -0.05) is 6.92 Å². The zero-order valence-corrected chi connectivity index (χ0v) is 11.8. The second kappa shape index (κ2) is 5.98. The largest absolute Gasteiger partial charge is 0.480 e.